The number of hydrogen-bond acceptors (Lipinski definition) is 5. The molecule has 0 radical (unpaired) electrons. The number of amides is 3. The van der Waals surface area contributed by atoms with Crippen molar-refractivity contribution in [1.82, 2.24) is 10.1 Å². The van der Waals surface area contributed by atoms with Crippen LogP contribution in [0.2, 0.25) is 0 Å². The largest absolute Gasteiger partial charge is 0.449 e. The fourth-order valence-electron chi connectivity index (χ4n) is 3.57. The third-order valence-corrected chi connectivity index (χ3v) is 5.16. The molecule has 1 atom stereocenters. The molecule has 30 heavy (non-hydrogen) atoms. The molecule has 0 bridgehead atoms. The van der Waals surface area contributed by atoms with Crippen molar-refractivity contribution in [3.8, 4) is 0 Å². The van der Waals surface area contributed by atoms with Crippen LogP contribution in [0.5, 0.6) is 0 Å². The number of carbonyl (C=O) groups excluding carboxylic acids is 2. The van der Waals surface area contributed by atoms with E-state index in [1.165, 1.54) is 15.9 Å². The van der Waals surface area contributed by atoms with Gasteiger partial charge >= 0.3 is 12.1 Å². The molecule has 2 aliphatic rings. The van der Waals surface area contributed by atoms with Crippen molar-refractivity contribution in [1.29, 1.82) is 0 Å². The molecule has 0 spiro atoms. The highest BCUT2D eigenvalue weighted by Crippen LogP contribution is 2.33. The van der Waals surface area contributed by atoms with E-state index in [0.29, 0.717) is 37.3 Å². The average Bonchev–Trinajstić information content (AvgIpc) is 3.11. The lowest BCUT2D eigenvalue weighted by atomic mass is 10.0. The number of carbonyl (C=O) groups is 2. The van der Waals surface area contributed by atoms with Gasteiger partial charge in [0.15, 0.2) is 0 Å². The number of urea groups is 1. The Morgan fingerprint density at radius 2 is 2.17 bits per heavy atom. The van der Waals surface area contributed by atoms with E-state index in [2.05, 4.69) is 10.5 Å². The third kappa shape index (κ3) is 3.66. The molecular weight excluding hydrogens is 405 g/mol. The number of nitrogens with one attached hydrogen (secondary N) is 1. The molecule has 0 aliphatic carbocycles. The maximum absolute atomic E-state index is 13.5. The van der Waals surface area contributed by atoms with Gasteiger partial charge in [-0.2, -0.15) is 0 Å². The summed E-state index contributed by atoms with van der Waals surface area (Å²) in [5, 5.41) is 6.55. The second kappa shape index (κ2) is 7.88. The van der Waals surface area contributed by atoms with E-state index in [-0.39, 0.29) is 24.2 Å². The molecular formula is C19H19F3N4O4. The summed E-state index contributed by atoms with van der Waals surface area (Å²) in [4.78, 5) is 27.7. The minimum absolute atomic E-state index is 0.0554. The number of anilines is 2. The summed E-state index contributed by atoms with van der Waals surface area (Å²) in [7, 11) is 0. The van der Waals surface area contributed by atoms with Crippen LogP contribution in [0.3, 0.4) is 0 Å². The van der Waals surface area contributed by atoms with Crippen LogP contribution < -0.4 is 10.2 Å². The predicted molar refractivity (Wildman–Crippen MR) is 98.9 cm³/mol. The summed E-state index contributed by atoms with van der Waals surface area (Å²) >= 11 is 0. The summed E-state index contributed by atoms with van der Waals surface area (Å²) in [5.74, 6) is -0.803. The molecule has 0 saturated carbocycles. The van der Waals surface area contributed by atoms with Gasteiger partial charge in [0.05, 0.1) is 30.0 Å². The first kappa shape index (κ1) is 20.0. The Morgan fingerprint density at radius 1 is 1.37 bits per heavy atom. The van der Waals surface area contributed by atoms with Gasteiger partial charge in [-0.3, -0.25) is 0 Å². The van der Waals surface area contributed by atoms with Crippen LogP contribution in [0.15, 0.2) is 22.7 Å². The minimum atomic E-state index is -3.00. The SMILES string of the molecule is C[C@H]1Cc2noc(N3CCCOC3=O)c2CN1C(=O)Nc1ccc(F)c(C(F)F)c1. The molecule has 4 rings (SSSR count). The van der Waals surface area contributed by atoms with Crippen LogP contribution in [-0.4, -0.2) is 41.4 Å². The molecule has 160 valence electrons. The Hall–Kier alpha value is -3.24. The molecule has 0 unspecified atom stereocenters. The quantitative estimate of drug-likeness (QED) is 0.802. The molecule has 1 aromatic heterocycles. The summed E-state index contributed by atoms with van der Waals surface area (Å²) < 4.78 is 49.7. The highest BCUT2D eigenvalue weighted by molar-refractivity contribution is 5.90. The molecule has 2 aliphatic heterocycles. The zero-order valence-corrected chi connectivity index (χ0v) is 16.0. The van der Waals surface area contributed by atoms with Crippen LogP contribution in [0, 0.1) is 5.82 Å². The van der Waals surface area contributed by atoms with Crippen molar-refractivity contribution in [2.75, 3.05) is 23.4 Å². The standard InChI is InChI=1S/C19H19F3N4O4/c1-10-7-15-13(17(30-24-15)25-5-2-6-29-19(25)28)9-26(10)18(27)23-11-3-4-14(20)12(8-11)16(21)22/h3-4,8,10,16H,2,5-7,9H2,1H3,(H,23,27)/t10-/m0/s1. The third-order valence-electron chi connectivity index (χ3n) is 5.16. The van der Waals surface area contributed by atoms with E-state index in [9.17, 15) is 22.8 Å². The predicted octanol–water partition coefficient (Wildman–Crippen LogP) is 4.08. The second-order valence-corrected chi connectivity index (χ2v) is 7.18. The van der Waals surface area contributed by atoms with Gasteiger partial charge in [0.2, 0.25) is 5.88 Å². The number of benzene rings is 1. The summed E-state index contributed by atoms with van der Waals surface area (Å²) in [6.45, 7) is 2.65. The number of alkyl halides is 2. The van der Waals surface area contributed by atoms with E-state index >= 15 is 0 Å². The average molecular weight is 424 g/mol. The lowest BCUT2D eigenvalue weighted by molar-refractivity contribution is 0.137. The molecule has 3 heterocycles. The zero-order valence-electron chi connectivity index (χ0n) is 16.0. The maximum atomic E-state index is 13.5. The fourth-order valence-corrected chi connectivity index (χ4v) is 3.57. The lowest BCUT2D eigenvalue weighted by Crippen LogP contribution is -2.45. The number of nitrogens with zero attached hydrogens (tertiary/aromatic N) is 3. The number of fused-ring (bicyclic) bond motifs is 1. The van der Waals surface area contributed by atoms with E-state index in [0.717, 1.165) is 12.1 Å². The van der Waals surface area contributed by atoms with Gasteiger partial charge in [-0.05, 0) is 31.5 Å². The van der Waals surface area contributed by atoms with Gasteiger partial charge < -0.3 is 19.5 Å². The monoisotopic (exact) mass is 424 g/mol. The Bertz CT molecular complexity index is 981. The number of hydrogen-bond donors (Lipinski definition) is 1. The number of ether oxygens (including phenoxy) is 1. The Labute approximate surface area is 169 Å². The highest BCUT2D eigenvalue weighted by Gasteiger charge is 2.36. The summed E-state index contributed by atoms with van der Waals surface area (Å²) in [5.41, 5.74) is 0.503. The zero-order chi connectivity index (χ0) is 21.4. The number of halogens is 3. The van der Waals surface area contributed by atoms with Crippen molar-refractivity contribution in [3.63, 3.8) is 0 Å². The molecule has 1 saturated heterocycles. The molecule has 11 heteroatoms. The van der Waals surface area contributed by atoms with Gasteiger partial charge in [0, 0.05) is 24.7 Å². The van der Waals surface area contributed by atoms with Crippen LogP contribution in [0.4, 0.5) is 34.3 Å². The van der Waals surface area contributed by atoms with E-state index < -0.39 is 29.9 Å². The van der Waals surface area contributed by atoms with E-state index in [1.807, 2.05) is 0 Å². The highest BCUT2D eigenvalue weighted by atomic mass is 19.3. The molecule has 1 aromatic carbocycles. The maximum Gasteiger partial charge on any atom is 0.416 e. The normalized spacial score (nSPS) is 19.0. The second-order valence-electron chi connectivity index (χ2n) is 7.18. The summed E-state index contributed by atoms with van der Waals surface area (Å²) in [6.07, 6.45) is -2.51. The Balaban J connectivity index is 1.54. The molecule has 3 amide bonds. The number of rotatable bonds is 3. The van der Waals surface area contributed by atoms with Crippen molar-refractivity contribution in [3.05, 3.63) is 40.8 Å². The van der Waals surface area contributed by atoms with Gasteiger partial charge in [-0.15, -0.1) is 0 Å². The molecule has 1 fully saturated rings. The molecule has 2 aromatic rings. The minimum Gasteiger partial charge on any atom is -0.449 e. The lowest BCUT2D eigenvalue weighted by Gasteiger charge is -2.33. The van der Waals surface area contributed by atoms with Crippen LogP contribution >= 0.6 is 0 Å². The summed E-state index contributed by atoms with van der Waals surface area (Å²) in [6, 6.07) is 2.20. The van der Waals surface area contributed by atoms with Gasteiger partial charge in [-0.25, -0.2) is 27.7 Å². The number of aromatic nitrogens is 1. The van der Waals surface area contributed by atoms with Crippen molar-refractivity contribution < 1.29 is 32.0 Å². The Kier molecular flexibility index (Phi) is 5.27. The van der Waals surface area contributed by atoms with Crippen LogP contribution in [0.25, 0.3) is 0 Å². The molecule has 8 nitrogen and oxygen atoms in total. The first-order valence-electron chi connectivity index (χ1n) is 9.42. The van der Waals surface area contributed by atoms with Crippen molar-refractivity contribution >= 4 is 23.7 Å². The van der Waals surface area contributed by atoms with Crippen molar-refractivity contribution in [2.45, 2.75) is 38.8 Å². The van der Waals surface area contributed by atoms with E-state index in [1.54, 1.807) is 6.92 Å². The van der Waals surface area contributed by atoms with Crippen LogP contribution in [0.1, 0.15) is 36.6 Å². The van der Waals surface area contributed by atoms with Gasteiger partial charge in [-0.1, -0.05) is 5.16 Å². The smallest absolute Gasteiger partial charge is 0.416 e. The van der Waals surface area contributed by atoms with Crippen molar-refractivity contribution in [2.24, 2.45) is 0 Å². The molecule has 1 N–H and O–H groups in total. The van der Waals surface area contributed by atoms with E-state index in [4.69, 9.17) is 9.26 Å². The Morgan fingerprint density at radius 3 is 2.90 bits per heavy atom. The number of cyclic esters (lactones) is 1. The first-order chi connectivity index (χ1) is 14.3. The van der Waals surface area contributed by atoms with Crippen LogP contribution in [-0.2, 0) is 17.7 Å². The fraction of sp³-hybridized carbons (Fsp3) is 0.421. The van der Waals surface area contributed by atoms with Gasteiger partial charge in [0.1, 0.15) is 5.82 Å². The topological polar surface area (TPSA) is 87.9 Å². The first-order valence-corrected chi connectivity index (χ1v) is 9.42. The van der Waals surface area contributed by atoms with Gasteiger partial charge in [0.25, 0.3) is 6.43 Å².